The molecule has 0 aromatic heterocycles. The van der Waals surface area contributed by atoms with Crippen LogP contribution in [0, 0.1) is 0 Å². The maximum Gasteiger partial charge on any atom is 0.150 e. The number of sulfone groups is 1. The topological polar surface area (TPSA) is 55.4 Å². The van der Waals surface area contributed by atoms with Gasteiger partial charge in [0.15, 0.2) is 0 Å². The zero-order chi connectivity index (χ0) is 13.9. The second-order valence-electron chi connectivity index (χ2n) is 4.70. The summed E-state index contributed by atoms with van der Waals surface area (Å²) in [6.07, 6.45) is 4.48. The second kappa shape index (κ2) is 10.8. The van der Waals surface area contributed by atoms with Gasteiger partial charge in [-0.15, -0.1) is 0 Å². The second-order valence-corrected chi connectivity index (χ2v) is 7.00. The molecule has 0 aliphatic heterocycles. The van der Waals surface area contributed by atoms with Crippen molar-refractivity contribution in [1.29, 1.82) is 0 Å². The lowest BCUT2D eigenvalue weighted by Crippen LogP contribution is -2.29. The molecule has 0 heterocycles. The first kappa shape index (κ1) is 17.9. The molecule has 5 heteroatoms. The molecule has 4 nitrogen and oxygen atoms in total. The van der Waals surface area contributed by atoms with Gasteiger partial charge in [0.25, 0.3) is 0 Å². The Bertz CT molecular complexity index is 278. The number of rotatable bonds is 12. The third-order valence-electron chi connectivity index (χ3n) is 2.99. The van der Waals surface area contributed by atoms with Gasteiger partial charge in [0.05, 0.1) is 11.5 Å². The average molecular weight is 279 g/mol. The summed E-state index contributed by atoms with van der Waals surface area (Å²) < 4.78 is 28.3. The molecule has 0 bridgehead atoms. The lowest BCUT2D eigenvalue weighted by atomic mass is 10.1. The van der Waals surface area contributed by atoms with E-state index in [0.717, 1.165) is 32.2 Å². The maximum absolute atomic E-state index is 11.7. The van der Waals surface area contributed by atoms with Gasteiger partial charge in [-0.05, 0) is 38.6 Å². The van der Waals surface area contributed by atoms with Crippen molar-refractivity contribution in [3.05, 3.63) is 0 Å². The SMILES string of the molecule is CCCNC(CC)CCCS(=O)(=O)CCCOC. The summed E-state index contributed by atoms with van der Waals surface area (Å²) >= 11 is 0. The van der Waals surface area contributed by atoms with Crippen molar-refractivity contribution in [3.63, 3.8) is 0 Å². The summed E-state index contributed by atoms with van der Waals surface area (Å²) in [6, 6.07) is 0.458. The fourth-order valence-corrected chi connectivity index (χ4v) is 3.24. The molecular weight excluding hydrogens is 250 g/mol. The van der Waals surface area contributed by atoms with Crippen LogP contribution < -0.4 is 5.32 Å². The lowest BCUT2D eigenvalue weighted by Gasteiger charge is -2.16. The molecule has 18 heavy (non-hydrogen) atoms. The molecule has 0 saturated heterocycles. The minimum atomic E-state index is -2.89. The van der Waals surface area contributed by atoms with E-state index in [2.05, 4.69) is 19.2 Å². The van der Waals surface area contributed by atoms with Crippen molar-refractivity contribution in [2.24, 2.45) is 0 Å². The molecule has 0 rings (SSSR count). The Morgan fingerprint density at radius 3 is 2.39 bits per heavy atom. The molecule has 0 aromatic rings. The lowest BCUT2D eigenvalue weighted by molar-refractivity contribution is 0.199. The van der Waals surface area contributed by atoms with Gasteiger partial charge >= 0.3 is 0 Å². The molecule has 0 saturated carbocycles. The van der Waals surface area contributed by atoms with Gasteiger partial charge < -0.3 is 10.1 Å². The maximum atomic E-state index is 11.7. The minimum Gasteiger partial charge on any atom is -0.385 e. The Labute approximate surface area is 112 Å². The van der Waals surface area contributed by atoms with Crippen LogP contribution in [0.25, 0.3) is 0 Å². The predicted octanol–water partition coefficient (Wildman–Crippen LogP) is 2.00. The summed E-state index contributed by atoms with van der Waals surface area (Å²) in [7, 11) is -1.29. The smallest absolute Gasteiger partial charge is 0.150 e. The molecule has 0 spiro atoms. The van der Waals surface area contributed by atoms with Gasteiger partial charge in [-0.1, -0.05) is 13.8 Å². The Morgan fingerprint density at radius 1 is 1.17 bits per heavy atom. The highest BCUT2D eigenvalue weighted by Gasteiger charge is 2.12. The molecule has 0 aliphatic carbocycles. The van der Waals surface area contributed by atoms with Crippen molar-refractivity contribution in [1.82, 2.24) is 5.32 Å². The van der Waals surface area contributed by atoms with E-state index in [0.29, 0.717) is 24.8 Å². The van der Waals surface area contributed by atoms with Crippen LogP contribution in [0.1, 0.15) is 46.0 Å². The number of nitrogens with one attached hydrogen (secondary N) is 1. The first-order valence-corrected chi connectivity index (χ1v) is 8.80. The molecule has 0 radical (unpaired) electrons. The number of hydrogen-bond donors (Lipinski definition) is 1. The summed E-state index contributed by atoms with van der Waals surface area (Å²) in [5.74, 6) is 0.557. The zero-order valence-corrected chi connectivity index (χ0v) is 12.9. The molecule has 1 N–H and O–H groups in total. The first-order valence-electron chi connectivity index (χ1n) is 6.98. The van der Waals surface area contributed by atoms with Crippen LogP contribution in [0.5, 0.6) is 0 Å². The van der Waals surface area contributed by atoms with Crippen molar-refractivity contribution in [2.45, 2.75) is 52.0 Å². The van der Waals surface area contributed by atoms with Crippen LogP contribution in [0.4, 0.5) is 0 Å². The van der Waals surface area contributed by atoms with E-state index in [1.807, 2.05) is 0 Å². The normalized spacial score (nSPS) is 13.7. The van der Waals surface area contributed by atoms with Crippen molar-refractivity contribution >= 4 is 9.84 Å². The molecule has 1 atom stereocenters. The summed E-state index contributed by atoms with van der Waals surface area (Å²) in [4.78, 5) is 0. The van der Waals surface area contributed by atoms with E-state index < -0.39 is 9.84 Å². The predicted molar refractivity (Wildman–Crippen MR) is 76.8 cm³/mol. The largest absolute Gasteiger partial charge is 0.385 e. The van der Waals surface area contributed by atoms with E-state index in [9.17, 15) is 8.42 Å². The highest BCUT2D eigenvalue weighted by molar-refractivity contribution is 7.91. The third-order valence-corrected chi connectivity index (χ3v) is 4.81. The zero-order valence-electron chi connectivity index (χ0n) is 12.1. The monoisotopic (exact) mass is 279 g/mol. The molecule has 1 unspecified atom stereocenters. The van der Waals surface area contributed by atoms with Gasteiger partial charge in [0, 0.05) is 19.8 Å². The standard InChI is InChI=1S/C13H29NO3S/c1-4-9-14-13(5-2)8-6-11-18(15,16)12-7-10-17-3/h13-14H,4-12H2,1-3H3. The average Bonchev–Trinajstić information content (AvgIpc) is 2.33. The van der Waals surface area contributed by atoms with Crippen molar-refractivity contribution in [3.8, 4) is 0 Å². The number of hydrogen-bond acceptors (Lipinski definition) is 4. The fraction of sp³-hybridized carbons (Fsp3) is 1.00. The van der Waals surface area contributed by atoms with Crippen LogP contribution >= 0.6 is 0 Å². The van der Waals surface area contributed by atoms with Crippen LogP contribution in [-0.2, 0) is 14.6 Å². The molecule has 0 fully saturated rings. The van der Waals surface area contributed by atoms with E-state index in [4.69, 9.17) is 4.74 Å². The minimum absolute atomic E-state index is 0.250. The van der Waals surface area contributed by atoms with E-state index in [1.54, 1.807) is 7.11 Å². The first-order chi connectivity index (χ1) is 8.55. The van der Waals surface area contributed by atoms with Gasteiger partial charge in [0.1, 0.15) is 9.84 Å². The van der Waals surface area contributed by atoms with Gasteiger partial charge in [-0.2, -0.15) is 0 Å². The van der Waals surface area contributed by atoms with Crippen LogP contribution in [0.15, 0.2) is 0 Å². The summed E-state index contributed by atoms with van der Waals surface area (Å²) in [5.41, 5.74) is 0. The van der Waals surface area contributed by atoms with Crippen molar-refractivity contribution < 1.29 is 13.2 Å². The van der Waals surface area contributed by atoms with E-state index in [1.165, 1.54) is 0 Å². The van der Waals surface area contributed by atoms with Gasteiger partial charge in [-0.25, -0.2) is 8.42 Å². The Morgan fingerprint density at radius 2 is 1.83 bits per heavy atom. The molecule has 0 aromatic carbocycles. The quantitative estimate of drug-likeness (QED) is 0.555. The van der Waals surface area contributed by atoms with Gasteiger partial charge in [0.2, 0.25) is 0 Å². The Balaban J connectivity index is 3.79. The number of ether oxygens (including phenoxy) is 1. The molecule has 110 valence electrons. The summed E-state index contributed by atoms with van der Waals surface area (Å²) in [6.45, 7) is 5.81. The highest BCUT2D eigenvalue weighted by atomic mass is 32.2. The Kier molecular flexibility index (Phi) is 10.7. The number of methoxy groups -OCH3 is 1. The third kappa shape index (κ3) is 9.85. The molecule has 0 aliphatic rings. The highest BCUT2D eigenvalue weighted by Crippen LogP contribution is 2.05. The van der Waals surface area contributed by atoms with Crippen LogP contribution in [-0.4, -0.2) is 46.2 Å². The van der Waals surface area contributed by atoms with E-state index >= 15 is 0 Å². The molecule has 0 amide bonds. The van der Waals surface area contributed by atoms with E-state index in [-0.39, 0.29) is 5.75 Å². The summed E-state index contributed by atoms with van der Waals surface area (Å²) in [5, 5.41) is 3.44. The van der Waals surface area contributed by atoms with Gasteiger partial charge in [-0.3, -0.25) is 0 Å². The Hall–Kier alpha value is -0.130. The molecular formula is C13H29NO3S. The van der Waals surface area contributed by atoms with Crippen LogP contribution in [0.3, 0.4) is 0 Å². The van der Waals surface area contributed by atoms with Crippen molar-refractivity contribution in [2.75, 3.05) is 31.8 Å². The fourth-order valence-electron chi connectivity index (χ4n) is 1.87. The van der Waals surface area contributed by atoms with Crippen LogP contribution in [0.2, 0.25) is 0 Å².